The molecule has 1 saturated heterocycles. The van der Waals surface area contributed by atoms with E-state index in [1.165, 1.54) is 77.4 Å². The van der Waals surface area contributed by atoms with Crippen LogP contribution in [0.5, 0.6) is 0 Å². The standard InChI is InChI=1S/C15H27NO/c17-13-15(8-4-5-9-15)12-16-10-14(11-16)6-2-1-3-7-14/h17H,1-13H2. The summed E-state index contributed by atoms with van der Waals surface area (Å²) in [5.41, 5.74) is 0.976. The highest BCUT2D eigenvalue weighted by Gasteiger charge is 2.46. The third kappa shape index (κ3) is 2.26. The van der Waals surface area contributed by atoms with E-state index in [1.54, 1.807) is 0 Å². The van der Waals surface area contributed by atoms with Crippen LogP contribution in [0.1, 0.15) is 57.8 Å². The first-order valence-electron chi connectivity index (χ1n) is 7.59. The number of aliphatic hydroxyl groups excluding tert-OH is 1. The van der Waals surface area contributed by atoms with E-state index < -0.39 is 0 Å². The Morgan fingerprint density at radius 1 is 0.824 bits per heavy atom. The fourth-order valence-corrected chi connectivity index (χ4v) is 4.60. The number of likely N-dealkylation sites (tertiary alicyclic amines) is 1. The molecule has 0 radical (unpaired) electrons. The summed E-state index contributed by atoms with van der Waals surface area (Å²) in [6.07, 6.45) is 12.5. The van der Waals surface area contributed by atoms with Gasteiger partial charge >= 0.3 is 0 Å². The van der Waals surface area contributed by atoms with Crippen molar-refractivity contribution < 1.29 is 5.11 Å². The first-order valence-corrected chi connectivity index (χ1v) is 7.59. The van der Waals surface area contributed by atoms with Gasteiger partial charge in [0.25, 0.3) is 0 Å². The minimum atomic E-state index is 0.274. The van der Waals surface area contributed by atoms with Gasteiger partial charge in [-0.1, -0.05) is 32.1 Å². The molecule has 1 N–H and O–H groups in total. The molecule has 2 aliphatic carbocycles. The SMILES string of the molecule is OCC1(CN2CC3(CCCCC3)C2)CCCC1. The molecule has 98 valence electrons. The van der Waals surface area contributed by atoms with E-state index in [9.17, 15) is 5.11 Å². The molecule has 0 atom stereocenters. The zero-order chi connectivity index (χ0) is 11.8. The molecule has 0 amide bonds. The second kappa shape index (κ2) is 4.55. The number of nitrogens with zero attached hydrogens (tertiary/aromatic N) is 1. The maximum atomic E-state index is 9.66. The molecular weight excluding hydrogens is 210 g/mol. The van der Waals surface area contributed by atoms with Gasteiger partial charge in [-0.05, 0) is 31.1 Å². The molecule has 0 bridgehead atoms. The molecule has 3 aliphatic rings. The lowest BCUT2D eigenvalue weighted by molar-refractivity contribution is -0.0592. The first-order chi connectivity index (χ1) is 8.26. The topological polar surface area (TPSA) is 23.5 Å². The largest absolute Gasteiger partial charge is 0.396 e. The zero-order valence-electron chi connectivity index (χ0n) is 11.1. The fourth-order valence-electron chi connectivity index (χ4n) is 4.60. The Kier molecular flexibility index (Phi) is 3.20. The van der Waals surface area contributed by atoms with E-state index in [1.807, 2.05) is 0 Å². The van der Waals surface area contributed by atoms with Crippen LogP contribution in [0.15, 0.2) is 0 Å². The molecule has 3 fully saturated rings. The molecule has 0 aromatic rings. The lowest BCUT2D eigenvalue weighted by atomic mass is 9.68. The molecule has 0 aromatic carbocycles. The Labute approximate surface area is 105 Å². The van der Waals surface area contributed by atoms with Crippen LogP contribution >= 0.6 is 0 Å². The molecule has 0 aromatic heterocycles. The molecule has 3 rings (SSSR count). The van der Waals surface area contributed by atoms with Crippen LogP contribution in [0.4, 0.5) is 0 Å². The van der Waals surface area contributed by atoms with Gasteiger partial charge in [-0.15, -0.1) is 0 Å². The zero-order valence-corrected chi connectivity index (χ0v) is 11.1. The van der Waals surface area contributed by atoms with Crippen LogP contribution in [-0.4, -0.2) is 36.2 Å². The molecule has 2 heteroatoms. The predicted molar refractivity (Wildman–Crippen MR) is 69.9 cm³/mol. The normalized spacial score (nSPS) is 31.6. The summed E-state index contributed by atoms with van der Waals surface area (Å²) in [6.45, 7) is 4.24. The average molecular weight is 237 g/mol. The van der Waals surface area contributed by atoms with Crippen LogP contribution in [0.3, 0.4) is 0 Å². The van der Waals surface area contributed by atoms with Gasteiger partial charge in [-0.2, -0.15) is 0 Å². The highest BCUT2D eigenvalue weighted by atomic mass is 16.3. The number of hydrogen-bond donors (Lipinski definition) is 1. The van der Waals surface area contributed by atoms with Crippen molar-refractivity contribution in [3.8, 4) is 0 Å². The summed E-state index contributed by atoms with van der Waals surface area (Å²) in [4.78, 5) is 2.63. The van der Waals surface area contributed by atoms with Gasteiger partial charge in [-0.25, -0.2) is 0 Å². The predicted octanol–water partition coefficient (Wildman–Crippen LogP) is 2.81. The van der Waals surface area contributed by atoms with Crippen LogP contribution < -0.4 is 0 Å². The maximum Gasteiger partial charge on any atom is 0.0499 e. The van der Waals surface area contributed by atoms with Crippen molar-refractivity contribution in [2.75, 3.05) is 26.2 Å². The monoisotopic (exact) mass is 237 g/mol. The summed E-state index contributed by atoms with van der Waals surface area (Å²) in [5, 5.41) is 9.66. The molecule has 1 aliphatic heterocycles. The Bertz CT molecular complexity index is 256. The van der Waals surface area contributed by atoms with Crippen molar-refractivity contribution in [3.05, 3.63) is 0 Å². The van der Waals surface area contributed by atoms with Crippen molar-refractivity contribution in [2.24, 2.45) is 10.8 Å². The van der Waals surface area contributed by atoms with Crippen molar-refractivity contribution >= 4 is 0 Å². The summed E-state index contributed by atoms with van der Waals surface area (Å²) < 4.78 is 0. The van der Waals surface area contributed by atoms with Gasteiger partial charge in [0.15, 0.2) is 0 Å². The molecule has 1 spiro atoms. The van der Waals surface area contributed by atoms with Crippen molar-refractivity contribution in [2.45, 2.75) is 57.8 Å². The highest BCUT2D eigenvalue weighted by molar-refractivity contribution is 4.99. The summed E-state index contributed by atoms with van der Waals surface area (Å²) in [7, 11) is 0. The van der Waals surface area contributed by atoms with Crippen LogP contribution in [0.2, 0.25) is 0 Å². The van der Waals surface area contributed by atoms with Crippen LogP contribution in [0, 0.1) is 10.8 Å². The fraction of sp³-hybridized carbons (Fsp3) is 1.00. The van der Waals surface area contributed by atoms with E-state index in [4.69, 9.17) is 0 Å². The molecule has 0 unspecified atom stereocenters. The van der Waals surface area contributed by atoms with Crippen LogP contribution in [-0.2, 0) is 0 Å². The minimum absolute atomic E-state index is 0.274. The first kappa shape index (κ1) is 12.0. The Hall–Kier alpha value is -0.0800. The minimum Gasteiger partial charge on any atom is -0.396 e. The second-order valence-electron chi connectivity index (χ2n) is 7.07. The Morgan fingerprint density at radius 2 is 1.41 bits per heavy atom. The molecule has 2 saturated carbocycles. The van der Waals surface area contributed by atoms with Gasteiger partial charge in [-0.3, -0.25) is 0 Å². The van der Waals surface area contributed by atoms with Gasteiger partial charge in [0.05, 0.1) is 0 Å². The van der Waals surface area contributed by atoms with E-state index in [0.29, 0.717) is 12.0 Å². The molecule has 1 heterocycles. The average Bonchev–Trinajstić information content (AvgIpc) is 2.78. The van der Waals surface area contributed by atoms with Crippen molar-refractivity contribution in [1.29, 1.82) is 0 Å². The quantitative estimate of drug-likeness (QED) is 0.816. The van der Waals surface area contributed by atoms with Crippen molar-refractivity contribution in [3.63, 3.8) is 0 Å². The van der Waals surface area contributed by atoms with E-state index in [2.05, 4.69) is 4.90 Å². The van der Waals surface area contributed by atoms with Gasteiger partial charge < -0.3 is 10.0 Å². The van der Waals surface area contributed by atoms with Crippen LogP contribution in [0.25, 0.3) is 0 Å². The number of aliphatic hydroxyl groups is 1. The molecular formula is C15H27NO. The third-order valence-corrected chi connectivity index (χ3v) is 5.59. The smallest absolute Gasteiger partial charge is 0.0499 e. The van der Waals surface area contributed by atoms with E-state index in [0.717, 1.165) is 0 Å². The van der Waals surface area contributed by atoms with E-state index >= 15 is 0 Å². The maximum absolute atomic E-state index is 9.66. The third-order valence-electron chi connectivity index (χ3n) is 5.59. The lowest BCUT2D eigenvalue weighted by Crippen LogP contribution is -2.59. The summed E-state index contributed by atoms with van der Waals surface area (Å²) >= 11 is 0. The second-order valence-corrected chi connectivity index (χ2v) is 7.07. The number of hydrogen-bond acceptors (Lipinski definition) is 2. The summed E-state index contributed by atoms with van der Waals surface area (Å²) in [5.74, 6) is 0. The van der Waals surface area contributed by atoms with Crippen molar-refractivity contribution in [1.82, 2.24) is 4.90 Å². The molecule has 17 heavy (non-hydrogen) atoms. The molecule has 2 nitrogen and oxygen atoms in total. The summed E-state index contributed by atoms with van der Waals surface area (Å²) in [6, 6.07) is 0. The number of rotatable bonds is 3. The highest BCUT2D eigenvalue weighted by Crippen LogP contribution is 2.46. The Balaban J connectivity index is 1.51. The van der Waals surface area contributed by atoms with Gasteiger partial charge in [0, 0.05) is 31.7 Å². The van der Waals surface area contributed by atoms with Gasteiger partial charge in [0.2, 0.25) is 0 Å². The van der Waals surface area contributed by atoms with Gasteiger partial charge in [0.1, 0.15) is 0 Å². The Morgan fingerprint density at radius 3 is 2.00 bits per heavy atom. The lowest BCUT2D eigenvalue weighted by Gasteiger charge is -2.54. The van der Waals surface area contributed by atoms with E-state index in [-0.39, 0.29) is 5.41 Å².